The number of quaternary nitrogens is 1. The molecular weight excluding hydrogens is 346 g/mol. The number of rotatable bonds is 4. The number of hydrogen-bond acceptors (Lipinski definition) is 2. The van der Waals surface area contributed by atoms with Crippen LogP contribution in [0.1, 0.15) is 11.1 Å². The molecule has 0 bridgehead atoms. The molecule has 0 unspecified atom stereocenters. The third-order valence-electron chi connectivity index (χ3n) is 4.65. The molecule has 1 aliphatic heterocycles. The number of nitrogens with one attached hydrogen (secondary N) is 1. The lowest BCUT2D eigenvalue weighted by atomic mass is 10.1. The summed E-state index contributed by atoms with van der Waals surface area (Å²) >= 11 is 0. The number of aryl methyl sites for hydroxylation is 1. The van der Waals surface area contributed by atoms with Crippen molar-refractivity contribution in [2.24, 2.45) is 0 Å². The lowest BCUT2D eigenvalue weighted by molar-refractivity contribution is -0.917. The number of nitrogens with zero attached hydrogens (tertiary/aromatic N) is 1. The first kappa shape index (κ1) is 18.0. The van der Waals surface area contributed by atoms with E-state index in [1.165, 1.54) is 20.3 Å². The number of benzene rings is 2. The van der Waals surface area contributed by atoms with Gasteiger partial charge in [-0.3, -0.25) is 0 Å². The molecule has 2 aromatic rings. The van der Waals surface area contributed by atoms with Gasteiger partial charge in [-0.1, -0.05) is 30.3 Å². The van der Waals surface area contributed by atoms with Gasteiger partial charge in [-0.15, -0.1) is 0 Å². The first-order valence-electron chi connectivity index (χ1n) is 8.22. The summed E-state index contributed by atoms with van der Waals surface area (Å²) in [4.78, 5) is 0.409. The van der Waals surface area contributed by atoms with Crippen LogP contribution >= 0.6 is 0 Å². The summed E-state index contributed by atoms with van der Waals surface area (Å²) in [5, 5.41) is 0. The predicted molar refractivity (Wildman–Crippen MR) is 90.7 cm³/mol. The van der Waals surface area contributed by atoms with Crippen molar-refractivity contribution in [3.8, 4) is 0 Å². The van der Waals surface area contributed by atoms with Crippen molar-refractivity contribution in [1.82, 2.24) is 4.31 Å². The highest BCUT2D eigenvalue weighted by atomic mass is 32.2. The van der Waals surface area contributed by atoms with Gasteiger partial charge in [0.25, 0.3) is 0 Å². The largest absolute Gasteiger partial charge is 0.329 e. The lowest BCUT2D eigenvalue weighted by Crippen LogP contribution is -3.13. The van der Waals surface area contributed by atoms with Gasteiger partial charge in [0.1, 0.15) is 18.2 Å². The second-order valence-corrected chi connectivity index (χ2v) is 8.18. The van der Waals surface area contributed by atoms with Gasteiger partial charge >= 0.3 is 0 Å². The second-order valence-electron chi connectivity index (χ2n) is 6.31. The Kier molecular flexibility index (Phi) is 5.17. The maximum absolute atomic E-state index is 13.9. The zero-order valence-corrected chi connectivity index (χ0v) is 14.8. The summed E-state index contributed by atoms with van der Waals surface area (Å²) in [7, 11) is -4.16. The summed E-state index contributed by atoms with van der Waals surface area (Å²) in [5.41, 5.74) is 2.44. The SMILES string of the molecule is Cc1ccccc1C[NH+]1CCN(S(=O)(=O)c2c(F)cccc2F)CC1. The highest BCUT2D eigenvalue weighted by Crippen LogP contribution is 2.22. The van der Waals surface area contributed by atoms with E-state index >= 15 is 0 Å². The van der Waals surface area contributed by atoms with E-state index in [1.54, 1.807) is 0 Å². The van der Waals surface area contributed by atoms with Gasteiger partial charge in [0.05, 0.1) is 26.2 Å². The molecule has 25 heavy (non-hydrogen) atoms. The molecule has 0 spiro atoms. The molecule has 1 N–H and O–H groups in total. The first-order chi connectivity index (χ1) is 11.9. The third-order valence-corrected chi connectivity index (χ3v) is 6.60. The number of piperazine rings is 1. The van der Waals surface area contributed by atoms with E-state index in [1.807, 2.05) is 12.1 Å². The van der Waals surface area contributed by atoms with E-state index in [-0.39, 0.29) is 13.1 Å². The molecule has 1 saturated heterocycles. The van der Waals surface area contributed by atoms with Crippen molar-refractivity contribution in [2.45, 2.75) is 18.4 Å². The molecule has 1 aliphatic rings. The minimum atomic E-state index is -4.16. The highest BCUT2D eigenvalue weighted by molar-refractivity contribution is 7.89. The van der Waals surface area contributed by atoms with Crippen LogP contribution in [0.2, 0.25) is 0 Å². The minimum Gasteiger partial charge on any atom is -0.329 e. The van der Waals surface area contributed by atoms with Gasteiger partial charge in [0, 0.05) is 5.56 Å². The topological polar surface area (TPSA) is 41.8 Å². The number of hydrogen-bond donors (Lipinski definition) is 1. The third kappa shape index (κ3) is 3.73. The summed E-state index contributed by atoms with van der Waals surface area (Å²) in [6.07, 6.45) is 0. The fraction of sp³-hybridized carbons (Fsp3) is 0.333. The van der Waals surface area contributed by atoms with Crippen molar-refractivity contribution in [3.63, 3.8) is 0 Å². The molecule has 2 aromatic carbocycles. The highest BCUT2D eigenvalue weighted by Gasteiger charge is 2.34. The fourth-order valence-corrected chi connectivity index (χ4v) is 4.71. The molecule has 0 aliphatic carbocycles. The van der Waals surface area contributed by atoms with Crippen molar-refractivity contribution < 1.29 is 22.1 Å². The van der Waals surface area contributed by atoms with E-state index in [0.29, 0.717) is 13.1 Å². The summed E-state index contributed by atoms with van der Waals surface area (Å²) < 4.78 is 54.1. The normalized spacial score (nSPS) is 16.9. The number of halogens is 2. The van der Waals surface area contributed by atoms with E-state index in [4.69, 9.17) is 0 Å². The first-order valence-corrected chi connectivity index (χ1v) is 9.66. The fourth-order valence-electron chi connectivity index (χ4n) is 3.16. The zero-order chi connectivity index (χ0) is 18.0. The zero-order valence-electron chi connectivity index (χ0n) is 14.0. The lowest BCUT2D eigenvalue weighted by Gasteiger charge is -2.31. The molecular formula is C18H21F2N2O2S+. The number of sulfonamides is 1. The van der Waals surface area contributed by atoms with Crippen LogP contribution in [0, 0.1) is 18.6 Å². The van der Waals surface area contributed by atoms with Gasteiger partial charge in [-0.05, 0) is 24.6 Å². The quantitative estimate of drug-likeness (QED) is 0.887. The van der Waals surface area contributed by atoms with Crippen LogP contribution in [0.25, 0.3) is 0 Å². The maximum Gasteiger partial charge on any atom is 0.249 e. The van der Waals surface area contributed by atoms with E-state index in [2.05, 4.69) is 19.1 Å². The van der Waals surface area contributed by atoms with Crippen LogP contribution in [-0.4, -0.2) is 38.9 Å². The van der Waals surface area contributed by atoms with Crippen molar-refractivity contribution >= 4 is 10.0 Å². The van der Waals surface area contributed by atoms with E-state index < -0.39 is 26.6 Å². The molecule has 0 aromatic heterocycles. The summed E-state index contributed by atoms with van der Waals surface area (Å²) in [5.74, 6) is -2.09. The Morgan fingerprint density at radius 2 is 1.60 bits per heavy atom. The second kappa shape index (κ2) is 7.19. The monoisotopic (exact) mass is 367 g/mol. The van der Waals surface area contributed by atoms with Crippen LogP contribution < -0.4 is 4.90 Å². The van der Waals surface area contributed by atoms with Gasteiger partial charge in [0.2, 0.25) is 10.0 Å². The average Bonchev–Trinajstić information content (AvgIpc) is 2.57. The molecule has 134 valence electrons. The maximum atomic E-state index is 13.9. The standard InChI is InChI=1S/C18H20F2N2O2S/c1-14-5-2-3-6-15(14)13-21-9-11-22(12-10-21)25(23,24)18-16(19)7-4-8-17(18)20/h2-8H,9-13H2,1H3/p+1. The Morgan fingerprint density at radius 3 is 2.20 bits per heavy atom. The predicted octanol–water partition coefficient (Wildman–Crippen LogP) is 1.36. The molecule has 7 heteroatoms. The van der Waals surface area contributed by atoms with Crippen LogP contribution in [0.4, 0.5) is 8.78 Å². The molecule has 1 fully saturated rings. The molecule has 0 atom stereocenters. The Hall–Kier alpha value is -1.83. The van der Waals surface area contributed by atoms with Gasteiger partial charge < -0.3 is 4.90 Å². The van der Waals surface area contributed by atoms with E-state index in [0.717, 1.165) is 24.7 Å². The smallest absolute Gasteiger partial charge is 0.249 e. The average molecular weight is 367 g/mol. The molecule has 0 radical (unpaired) electrons. The Labute approximate surface area is 146 Å². The summed E-state index contributed by atoms with van der Waals surface area (Å²) in [6, 6.07) is 11.2. The van der Waals surface area contributed by atoms with Crippen molar-refractivity contribution in [1.29, 1.82) is 0 Å². The molecule has 0 amide bonds. The molecule has 0 saturated carbocycles. The van der Waals surface area contributed by atoms with Crippen LogP contribution in [0.15, 0.2) is 47.4 Å². The van der Waals surface area contributed by atoms with Crippen molar-refractivity contribution in [3.05, 3.63) is 65.2 Å². The Balaban J connectivity index is 1.71. The Morgan fingerprint density at radius 1 is 1.00 bits per heavy atom. The van der Waals surface area contributed by atoms with Crippen molar-refractivity contribution in [2.75, 3.05) is 26.2 Å². The van der Waals surface area contributed by atoms with Gasteiger partial charge in [0.15, 0.2) is 4.90 Å². The molecule has 3 rings (SSSR count). The Bertz CT molecular complexity index is 843. The summed E-state index contributed by atoms with van der Waals surface area (Å²) in [6.45, 7) is 4.56. The molecule has 1 heterocycles. The van der Waals surface area contributed by atoms with Crippen LogP contribution in [-0.2, 0) is 16.6 Å². The van der Waals surface area contributed by atoms with E-state index in [9.17, 15) is 17.2 Å². The van der Waals surface area contributed by atoms with Crippen LogP contribution in [0.3, 0.4) is 0 Å². The minimum absolute atomic E-state index is 0.247. The van der Waals surface area contributed by atoms with Gasteiger partial charge in [-0.2, -0.15) is 4.31 Å². The molecule has 4 nitrogen and oxygen atoms in total. The van der Waals surface area contributed by atoms with Gasteiger partial charge in [-0.25, -0.2) is 17.2 Å². The van der Waals surface area contributed by atoms with Crippen LogP contribution in [0.5, 0.6) is 0 Å².